The summed E-state index contributed by atoms with van der Waals surface area (Å²) in [7, 11) is 0. The van der Waals surface area contributed by atoms with Crippen LogP contribution in [0.3, 0.4) is 0 Å². The van der Waals surface area contributed by atoms with E-state index in [0.717, 1.165) is 0 Å². The van der Waals surface area contributed by atoms with Crippen molar-refractivity contribution >= 4 is 23.4 Å². The maximum Gasteiger partial charge on any atom is 0.258 e. The first-order chi connectivity index (χ1) is 14.9. The number of carbonyl (C=O) groups excluding carboxylic acids is 2. The lowest BCUT2D eigenvalue weighted by atomic mass is 10.1. The second-order valence-electron chi connectivity index (χ2n) is 6.59. The molecular formula is C22H24ClFN2O5. The molecule has 0 aliphatic carbocycles. The molecule has 2 atom stereocenters. The normalized spacial score (nSPS) is 12.4. The van der Waals surface area contributed by atoms with E-state index in [1.54, 1.807) is 24.3 Å². The van der Waals surface area contributed by atoms with Crippen molar-refractivity contribution in [1.82, 2.24) is 10.6 Å². The van der Waals surface area contributed by atoms with Gasteiger partial charge in [0.2, 0.25) is 0 Å². The molecule has 9 heteroatoms. The molecule has 0 saturated heterocycles. The minimum atomic E-state index is -0.916. The average Bonchev–Trinajstić information content (AvgIpc) is 2.76. The number of aliphatic hydroxyl groups excluding tert-OH is 1. The van der Waals surface area contributed by atoms with Gasteiger partial charge in [-0.15, -0.1) is 6.58 Å². The van der Waals surface area contributed by atoms with Crippen LogP contribution < -0.4 is 20.1 Å². The summed E-state index contributed by atoms with van der Waals surface area (Å²) in [6, 6.07) is 11.3. The largest absolute Gasteiger partial charge is 0.484 e. The first-order valence-electron chi connectivity index (χ1n) is 9.49. The van der Waals surface area contributed by atoms with Crippen LogP contribution >= 0.6 is 11.6 Å². The van der Waals surface area contributed by atoms with Gasteiger partial charge in [0.1, 0.15) is 17.3 Å². The minimum absolute atomic E-state index is 0.0187. The van der Waals surface area contributed by atoms with Crippen molar-refractivity contribution in [3.63, 3.8) is 0 Å². The monoisotopic (exact) mass is 450 g/mol. The van der Waals surface area contributed by atoms with Crippen LogP contribution in [0.4, 0.5) is 4.39 Å². The SMILES string of the molecule is C=CC(C[C@H](O)CNC(=O)COc1ccc(Cl)cc1)NC(=O)COc1ccc(F)cc1. The van der Waals surface area contributed by atoms with E-state index in [1.165, 1.54) is 30.3 Å². The molecule has 2 aromatic rings. The summed E-state index contributed by atoms with van der Waals surface area (Å²) < 4.78 is 23.5. The van der Waals surface area contributed by atoms with Gasteiger partial charge in [-0.25, -0.2) is 4.39 Å². The quantitative estimate of drug-likeness (QED) is 0.432. The van der Waals surface area contributed by atoms with E-state index in [2.05, 4.69) is 17.2 Å². The molecule has 2 rings (SSSR count). The van der Waals surface area contributed by atoms with Crippen molar-refractivity contribution in [2.75, 3.05) is 19.8 Å². The third-order valence-corrected chi connectivity index (χ3v) is 4.31. The fourth-order valence-corrected chi connectivity index (χ4v) is 2.61. The molecule has 3 N–H and O–H groups in total. The summed E-state index contributed by atoms with van der Waals surface area (Å²) in [5.74, 6) is -0.378. The van der Waals surface area contributed by atoms with Crippen LogP contribution in [0.15, 0.2) is 61.2 Å². The highest BCUT2D eigenvalue weighted by Crippen LogP contribution is 2.15. The second kappa shape index (κ2) is 12.6. The van der Waals surface area contributed by atoms with Crippen LogP contribution in [-0.2, 0) is 9.59 Å². The van der Waals surface area contributed by atoms with Crippen LogP contribution in [0.1, 0.15) is 6.42 Å². The zero-order valence-electron chi connectivity index (χ0n) is 16.7. The van der Waals surface area contributed by atoms with Crippen molar-refractivity contribution in [3.05, 3.63) is 72.0 Å². The number of amides is 2. The van der Waals surface area contributed by atoms with Gasteiger partial charge < -0.3 is 25.2 Å². The Hall–Kier alpha value is -3.10. The zero-order chi connectivity index (χ0) is 22.6. The summed E-state index contributed by atoms with van der Waals surface area (Å²) >= 11 is 5.78. The molecule has 0 aromatic heterocycles. The Bertz CT molecular complexity index is 861. The van der Waals surface area contributed by atoms with E-state index < -0.39 is 29.8 Å². The molecule has 0 saturated carbocycles. The fourth-order valence-electron chi connectivity index (χ4n) is 2.48. The van der Waals surface area contributed by atoms with Crippen molar-refractivity contribution in [3.8, 4) is 11.5 Å². The number of halogens is 2. The van der Waals surface area contributed by atoms with Gasteiger partial charge in [-0.1, -0.05) is 17.7 Å². The molecule has 0 spiro atoms. The van der Waals surface area contributed by atoms with Gasteiger partial charge in [0, 0.05) is 17.6 Å². The van der Waals surface area contributed by atoms with Gasteiger partial charge >= 0.3 is 0 Å². The predicted molar refractivity (Wildman–Crippen MR) is 115 cm³/mol. The topological polar surface area (TPSA) is 96.9 Å². The molecular weight excluding hydrogens is 427 g/mol. The van der Waals surface area contributed by atoms with Crippen LogP contribution in [-0.4, -0.2) is 48.8 Å². The molecule has 0 aliphatic heterocycles. The van der Waals surface area contributed by atoms with Crippen LogP contribution in [0.25, 0.3) is 0 Å². The van der Waals surface area contributed by atoms with Crippen LogP contribution in [0.5, 0.6) is 11.5 Å². The summed E-state index contributed by atoms with van der Waals surface area (Å²) in [6.45, 7) is 3.13. The lowest BCUT2D eigenvalue weighted by Crippen LogP contribution is -2.42. The molecule has 1 unspecified atom stereocenters. The standard InChI is InChI=1S/C22H24ClFN2O5/c1-2-17(26-22(29)14-31-20-9-5-16(24)6-10-20)11-18(27)12-25-21(28)13-30-19-7-3-15(23)4-8-19/h2-10,17-18,27H,1,11-14H2,(H,25,28)(H,26,29)/t17?,18-/m0/s1. The molecule has 2 aromatic carbocycles. The van der Waals surface area contributed by atoms with E-state index in [0.29, 0.717) is 16.5 Å². The maximum absolute atomic E-state index is 12.9. The van der Waals surface area contributed by atoms with E-state index in [9.17, 15) is 19.1 Å². The van der Waals surface area contributed by atoms with Gasteiger partial charge in [-0.3, -0.25) is 9.59 Å². The highest BCUT2D eigenvalue weighted by Gasteiger charge is 2.16. The summed E-state index contributed by atoms with van der Waals surface area (Å²) in [4.78, 5) is 23.9. The lowest BCUT2D eigenvalue weighted by molar-refractivity contribution is -0.124. The summed E-state index contributed by atoms with van der Waals surface area (Å²) in [6.07, 6.45) is 0.704. The van der Waals surface area contributed by atoms with E-state index in [-0.39, 0.29) is 26.2 Å². The Balaban J connectivity index is 1.66. The van der Waals surface area contributed by atoms with Crippen molar-refractivity contribution in [2.24, 2.45) is 0 Å². The molecule has 0 bridgehead atoms. The minimum Gasteiger partial charge on any atom is -0.484 e. The third kappa shape index (κ3) is 9.50. The Labute approximate surface area is 184 Å². The van der Waals surface area contributed by atoms with Gasteiger partial charge in [0.25, 0.3) is 11.8 Å². The molecule has 0 heterocycles. The summed E-state index contributed by atoms with van der Waals surface area (Å²) in [5, 5.41) is 15.9. The van der Waals surface area contributed by atoms with E-state index in [1.807, 2.05) is 0 Å². The van der Waals surface area contributed by atoms with Crippen molar-refractivity contribution < 1.29 is 28.6 Å². The van der Waals surface area contributed by atoms with Crippen LogP contribution in [0.2, 0.25) is 5.02 Å². The zero-order valence-corrected chi connectivity index (χ0v) is 17.5. The first kappa shape index (κ1) is 24.2. The van der Waals surface area contributed by atoms with Gasteiger partial charge in [-0.2, -0.15) is 0 Å². The predicted octanol–water partition coefficient (Wildman–Crippen LogP) is 2.47. The number of aliphatic hydroxyl groups is 1. The number of nitrogens with one attached hydrogen (secondary N) is 2. The molecule has 166 valence electrons. The summed E-state index contributed by atoms with van der Waals surface area (Å²) in [5.41, 5.74) is 0. The maximum atomic E-state index is 12.9. The van der Waals surface area contributed by atoms with Gasteiger partial charge in [0.05, 0.1) is 6.10 Å². The molecule has 0 radical (unpaired) electrons. The molecule has 0 aliphatic rings. The molecule has 31 heavy (non-hydrogen) atoms. The second-order valence-corrected chi connectivity index (χ2v) is 7.02. The fraction of sp³-hybridized carbons (Fsp3) is 0.273. The number of hydrogen-bond acceptors (Lipinski definition) is 5. The third-order valence-electron chi connectivity index (χ3n) is 4.06. The first-order valence-corrected chi connectivity index (χ1v) is 9.87. The van der Waals surface area contributed by atoms with Gasteiger partial charge in [0.15, 0.2) is 13.2 Å². The Kier molecular flexibility index (Phi) is 9.80. The number of ether oxygens (including phenoxy) is 2. The number of benzene rings is 2. The number of hydrogen-bond donors (Lipinski definition) is 3. The number of rotatable bonds is 12. The van der Waals surface area contributed by atoms with E-state index >= 15 is 0 Å². The highest BCUT2D eigenvalue weighted by molar-refractivity contribution is 6.30. The molecule has 2 amide bonds. The number of carbonyl (C=O) groups is 2. The van der Waals surface area contributed by atoms with Crippen molar-refractivity contribution in [2.45, 2.75) is 18.6 Å². The Morgan fingerprint density at radius 3 is 2.16 bits per heavy atom. The van der Waals surface area contributed by atoms with E-state index in [4.69, 9.17) is 21.1 Å². The van der Waals surface area contributed by atoms with Gasteiger partial charge in [-0.05, 0) is 55.0 Å². The highest BCUT2D eigenvalue weighted by atomic mass is 35.5. The smallest absolute Gasteiger partial charge is 0.258 e. The molecule has 0 fully saturated rings. The van der Waals surface area contributed by atoms with Crippen molar-refractivity contribution in [1.29, 1.82) is 0 Å². The Morgan fingerprint density at radius 2 is 1.58 bits per heavy atom. The average molecular weight is 451 g/mol. The molecule has 7 nitrogen and oxygen atoms in total. The Morgan fingerprint density at radius 1 is 1.03 bits per heavy atom. The van der Waals surface area contributed by atoms with Crippen LogP contribution in [0, 0.1) is 5.82 Å². The lowest BCUT2D eigenvalue weighted by Gasteiger charge is -2.19.